The van der Waals surface area contributed by atoms with E-state index in [1.54, 1.807) is 5.56 Å². The molecule has 1 aromatic rings. The van der Waals surface area contributed by atoms with Crippen LogP contribution in [-0.4, -0.2) is 6.29 Å². The van der Waals surface area contributed by atoms with Crippen LogP contribution in [0, 0.1) is 11.8 Å². The van der Waals surface area contributed by atoms with Crippen LogP contribution in [0.4, 0.5) is 0 Å². The second kappa shape index (κ2) is 8.13. The first kappa shape index (κ1) is 16.7. The molecule has 0 aromatic heterocycles. The number of carbonyl (C=O) groups is 1. The zero-order valence-electron chi connectivity index (χ0n) is 14.7. The second-order valence-electron chi connectivity index (χ2n) is 7.92. The van der Waals surface area contributed by atoms with E-state index >= 15 is 0 Å². The lowest BCUT2D eigenvalue weighted by atomic mass is 9.76. The summed E-state index contributed by atoms with van der Waals surface area (Å²) in [5.41, 5.74) is 3.06. The maximum absolute atomic E-state index is 10.9. The zero-order chi connectivity index (χ0) is 16.1. The van der Waals surface area contributed by atoms with E-state index in [0.29, 0.717) is 11.8 Å². The van der Waals surface area contributed by atoms with E-state index in [1.807, 2.05) is 0 Å². The minimum absolute atomic E-state index is 0.323. The molecule has 1 nitrogen and oxygen atoms in total. The molecule has 2 saturated carbocycles. The lowest BCUT2D eigenvalue weighted by Crippen LogP contribution is -2.15. The van der Waals surface area contributed by atoms with Crippen LogP contribution in [0.2, 0.25) is 0 Å². The molecule has 0 amide bonds. The maximum Gasteiger partial charge on any atom is 0.123 e. The van der Waals surface area contributed by atoms with E-state index in [1.165, 1.54) is 56.9 Å². The first-order valence-electron chi connectivity index (χ1n) is 9.85. The highest BCUT2D eigenvalue weighted by molar-refractivity contribution is 5.53. The topological polar surface area (TPSA) is 17.1 Å². The van der Waals surface area contributed by atoms with Crippen LogP contribution in [0.5, 0.6) is 0 Å². The molecule has 0 radical (unpaired) electrons. The van der Waals surface area contributed by atoms with Gasteiger partial charge in [-0.3, -0.25) is 0 Å². The predicted molar refractivity (Wildman–Crippen MR) is 96.8 cm³/mol. The molecule has 2 aliphatic carbocycles. The van der Waals surface area contributed by atoms with Gasteiger partial charge in [-0.05, 0) is 80.2 Å². The highest BCUT2D eigenvalue weighted by Gasteiger charge is 2.24. The summed E-state index contributed by atoms with van der Waals surface area (Å²) in [6.07, 6.45) is 14.1. The van der Waals surface area contributed by atoms with Gasteiger partial charge in [-0.1, -0.05) is 44.0 Å². The van der Waals surface area contributed by atoms with Crippen molar-refractivity contribution in [2.45, 2.75) is 83.0 Å². The molecule has 0 saturated heterocycles. The lowest BCUT2D eigenvalue weighted by molar-refractivity contribution is -0.111. The van der Waals surface area contributed by atoms with Gasteiger partial charge in [0, 0.05) is 5.92 Å². The van der Waals surface area contributed by atoms with E-state index in [2.05, 4.69) is 31.2 Å². The van der Waals surface area contributed by atoms with Crippen LogP contribution in [0.3, 0.4) is 0 Å². The molecule has 0 spiro atoms. The summed E-state index contributed by atoms with van der Waals surface area (Å²) >= 11 is 0. The molecule has 0 bridgehead atoms. The van der Waals surface area contributed by atoms with Gasteiger partial charge in [0.15, 0.2) is 0 Å². The molecule has 0 atom stereocenters. The van der Waals surface area contributed by atoms with Gasteiger partial charge in [-0.2, -0.15) is 0 Å². The highest BCUT2D eigenvalue weighted by atomic mass is 16.1. The number of benzene rings is 1. The fourth-order valence-electron chi connectivity index (χ4n) is 4.82. The maximum atomic E-state index is 10.9. The first-order chi connectivity index (χ1) is 11.3. The SMILES string of the molecule is CCCC1CCC(c2ccc(C3CCC(C=O)CC3)cc2)CC1. The van der Waals surface area contributed by atoms with Crippen LogP contribution >= 0.6 is 0 Å². The Hall–Kier alpha value is -1.11. The van der Waals surface area contributed by atoms with E-state index in [0.717, 1.165) is 31.0 Å². The third-order valence-electron chi connectivity index (χ3n) is 6.39. The molecular formula is C22H32O. The Morgan fingerprint density at radius 3 is 1.74 bits per heavy atom. The summed E-state index contributed by atoms with van der Waals surface area (Å²) in [5, 5.41) is 0. The number of rotatable bonds is 5. The van der Waals surface area contributed by atoms with E-state index < -0.39 is 0 Å². The predicted octanol–water partition coefficient (Wildman–Crippen LogP) is 6.23. The summed E-state index contributed by atoms with van der Waals surface area (Å²) in [4.78, 5) is 10.9. The largest absolute Gasteiger partial charge is 0.303 e. The average Bonchev–Trinajstić information content (AvgIpc) is 2.63. The van der Waals surface area contributed by atoms with Crippen molar-refractivity contribution < 1.29 is 4.79 Å². The molecule has 0 unspecified atom stereocenters. The monoisotopic (exact) mass is 312 g/mol. The molecular weight excluding hydrogens is 280 g/mol. The minimum Gasteiger partial charge on any atom is -0.303 e. The molecule has 126 valence electrons. The Bertz CT molecular complexity index is 473. The van der Waals surface area contributed by atoms with Gasteiger partial charge < -0.3 is 4.79 Å². The third kappa shape index (κ3) is 4.25. The summed E-state index contributed by atoms with van der Waals surface area (Å²) in [6, 6.07) is 9.54. The molecule has 1 aromatic carbocycles. The standard InChI is InChI=1S/C22H32O/c1-2-3-17-4-8-19(9-5-17)21-12-14-22(15-13-21)20-10-6-18(16-23)7-11-20/h12-20H,2-11H2,1H3. The van der Waals surface area contributed by atoms with Crippen molar-refractivity contribution in [2.24, 2.45) is 11.8 Å². The summed E-state index contributed by atoms with van der Waals surface area (Å²) < 4.78 is 0. The fourth-order valence-corrected chi connectivity index (χ4v) is 4.82. The average molecular weight is 312 g/mol. The minimum atomic E-state index is 0.323. The Labute approximate surface area is 141 Å². The van der Waals surface area contributed by atoms with E-state index in [9.17, 15) is 4.79 Å². The number of aldehydes is 1. The molecule has 0 N–H and O–H groups in total. The Balaban J connectivity index is 1.54. The van der Waals surface area contributed by atoms with Gasteiger partial charge in [0.05, 0.1) is 0 Å². The Kier molecular flexibility index (Phi) is 5.91. The zero-order valence-corrected chi connectivity index (χ0v) is 14.7. The van der Waals surface area contributed by atoms with Gasteiger partial charge in [-0.15, -0.1) is 0 Å². The van der Waals surface area contributed by atoms with Crippen LogP contribution in [0.25, 0.3) is 0 Å². The number of hydrogen-bond donors (Lipinski definition) is 0. The highest BCUT2D eigenvalue weighted by Crippen LogP contribution is 2.39. The molecule has 0 aliphatic heterocycles. The molecule has 2 fully saturated rings. The van der Waals surface area contributed by atoms with Gasteiger partial charge in [0.1, 0.15) is 6.29 Å². The van der Waals surface area contributed by atoms with Crippen molar-refractivity contribution >= 4 is 6.29 Å². The number of carbonyl (C=O) groups excluding carboxylic acids is 1. The summed E-state index contributed by atoms with van der Waals surface area (Å²) in [6.45, 7) is 2.31. The Morgan fingerprint density at radius 2 is 1.30 bits per heavy atom. The van der Waals surface area contributed by atoms with Crippen LogP contribution < -0.4 is 0 Å². The van der Waals surface area contributed by atoms with E-state index in [4.69, 9.17) is 0 Å². The van der Waals surface area contributed by atoms with Crippen molar-refractivity contribution in [1.29, 1.82) is 0 Å². The van der Waals surface area contributed by atoms with E-state index in [-0.39, 0.29) is 0 Å². The van der Waals surface area contributed by atoms with Crippen molar-refractivity contribution in [2.75, 3.05) is 0 Å². The quantitative estimate of drug-likeness (QED) is 0.589. The smallest absolute Gasteiger partial charge is 0.123 e. The summed E-state index contributed by atoms with van der Waals surface area (Å²) in [5.74, 6) is 2.79. The molecule has 3 rings (SSSR count). The van der Waals surface area contributed by atoms with Gasteiger partial charge >= 0.3 is 0 Å². The molecule has 23 heavy (non-hydrogen) atoms. The van der Waals surface area contributed by atoms with Crippen LogP contribution in [0.15, 0.2) is 24.3 Å². The normalized spacial score (nSPS) is 31.7. The Morgan fingerprint density at radius 1 is 0.826 bits per heavy atom. The molecule has 2 aliphatic rings. The van der Waals surface area contributed by atoms with Crippen molar-refractivity contribution in [3.8, 4) is 0 Å². The first-order valence-corrected chi connectivity index (χ1v) is 9.85. The van der Waals surface area contributed by atoms with Crippen LogP contribution in [0.1, 0.15) is 94.1 Å². The van der Waals surface area contributed by atoms with Crippen LogP contribution in [-0.2, 0) is 4.79 Å². The van der Waals surface area contributed by atoms with Crippen molar-refractivity contribution in [1.82, 2.24) is 0 Å². The van der Waals surface area contributed by atoms with Crippen molar-refractivity contribution in [3.05, 3.63) is 35.4 Å². The van der Waals surface area contributed by atoms with Gasteiger partial charge in [-0.25, -0.2) is 0 Å². The van der Waals surface area contributed by atoms with Gasteiger partial charge in [0.2, 0.25) is 0 Å². The van der Waals surface area contributed by atoms with Gasteiger partial charge in [0.25, 0.3) is 0 Å². The fraction of sp³-hybridized carbons (Fsp3) is 0.682. The lowest BCUT2D eigenvalue weighted by Gasteiger charge is -2.29. The number of hydrogen-bond acceptors (Lipinski definition) is 1. The second-order valence-corrected chi connectivity index (χ2v) is 7.92. The van der Waals surface area contributed by atoms with Crippen molar-refractivity contribution in [3.63, 3.8) is 0 Å². The molecule has 1 heteroatoms. The molecule has 0 heterocycles. The summed E-state index contributed by atoms with van der Waals surface area (Å²) in [7, 11) is 0. The third-order valence-corrected chi connectivity index (χ3v) is 6.39.